The van der Waals surface area contributed by atoms with Gasteiger partial charge in [0.05, 0.1) is 31.1 Å². The molecule has 3 atom stereocenters. The van der Waals surface area contributed by atoms with Gasteiger partial charge in [-0.05, 0) is 92.5 Å². The number of nitrogens with two attached hydrogens (primary N) is 1. The maximum Gasteiger partial charge on any atom is 0.411 e. The number of piperidine rings is 1. The third-order valence-corrected chi connectivity index (χ3v) is 10.4. The standard InChI is InChI=1S/C36H39N7O4/c1-19-13-24(38-36(45)47-4)9-10-25(19)26-11-7-21-15-29(42(33(21)39-26)17-20-5-6-20)34-40-27-14-23(16-30(46-3)32(27)41(34)2)35(44)43-18-22-8-12-28(43)31(22)37/h7,9-11,13-16,20,22,28,31H,5-6,8,12,17-18,37H2,1-4H3,(H,38,45)/t22?,28?,31-/m1/s1. The summed E-state index contributed by atoms with van der Waals surface area (Å²) in [6.07, 6.45) is 3.93. The van der Waals surface area contributed by atoms with Crippen LogP contribution in [0.25, 0.3) is 44.8 Å². The van der Waals surface area contributed by atoms with Gasteiger partial charge < -0.3 is 29.2 Å². The van der Waals surface area contributed by atoms with Gasteiger partial charge in [-0.1, -0.05) is 6.07 Å². The van der Waals surface area contributed by atoms with Gasteiger partial charge >= 0.3 is 6.09 Å². The summed E-state index contributed by atoms with van der Waals surface area (Å²) in [4.78, 5) is 37.7. The fourth-order valence-corrected chi connectivity index (χ4v) is 7.67. The zero-order chi connectivity index (χ0) is 32.6. The fourth-order valence-electron chi connectivity index (χ4n) is 7.67. The van der Waals surface area contributed by atoms with Gasteiger partial charge in [0.25, 0.3) is 5.91 Å². The number of nitrogens with one attached hydrogen (secondary N) is 1. The number of aryl methyl sites for hydroxylation is 2. The Balaban J connectivity index is 1.20. The van der Waals surface area contributed by atoms with Gasteiger partial charge in [-0.2, -0.15) is 0 Å². The summed E-state index contributed by atoms with van der Waals surface area (Å²) in [5.74, 6) is 2.37. The molecule has 2 bridgehead atoms. The number of aromatic nitrogens is 4. The smallest absolute Gasteiger partial charge is 0.411 e. The number of likely N-dealkylation sites (tertiary alicyclic amines) is 1. The summed E-state index contributed by atoms with van der Waals surface area (Å²) in [5, 5.41) is 3.75. The van der Waals surface area contributed by atoms with Crippen LogP contribution in [0.1, 0.15) is 41.6 Å². The molecule has 3 aliphatic rings. The van der Waals surface area contributed by atoms with Gasteiger partial charge in [-0.3, -0.25) is 10.1 Å². The summed E-state index contributed by atoms with van der Waals surface area (Å²) < 4.78 is 15.0. The predicted octanol–water partition coefficient (Wildman–Crippen LogP) is 5.72. The average molecular weight is 634 g/mol. The van der Waals surface area contributed by atoms with Crippen molar-refractivity contribution in [3.05, 3.63) is 59.7 Å². The molecule has 0 radical (unpaired) electrons. The van der Waals surface area contributed by atoms with Crippen molar-refractivity contribution in [1.82, 2.24) is 24.0 Å². The topological polar surface area (TPSA) is 130 Å². The van der Waals surface area contributed by atoms with Crippen LogP contribution < -0.4 is 15.8 Å². The van der Waals surface area contributed by atoms with Gasteiger partial charge in [-0.25, -0.2) is 14.8 Å². The maximum absolute atomic E-state index is 13.8. The highest BCUT2D eigenvalue weighted by molar-refractivity contribution is 6.00. The van der Waals surface area contributed by atoms with Crippen LogP contribution in [0.15, 0.2) is 48.5 Å². The Labute approximate surface area is 272 Å². The minimum Gasteiger partial charge on any atom is -0.494 e. The number of amides is 2. The number of carbonyl (C=O) groups is 2. The van der Waals surface area contributed by atoms with E-state index in [1.165, 1.54) is 20.0 Å². The minimum absolute atomic E-state index is 0.0102. The number of hydrogen-bond acceptors (Lipinski definition) is 7. The molecule has 2 amide bonds. The third-order valence-electron chi connectivity index (χ3n) is 10.4. The molecule has 3 fully saturated rings. The second-order valence-electron chi connectivity index (χ2n) is 13.3. The second-order valence-corrected chi connectivity index (χ2v) is 13.3. The van der Waals surface area contributed by atoms with Crippen molar-refractivity contribution < 1.29 is 19.1 Å². The molecule has 3 N–H and O–H groups in total. The van der Waals surface area contributed by atoms with E-state index in [4.69, 9.17) is 25.2 Å². The molecule has 2 aromatic carbocycles. The van der Waals surface area contributed by atoms with Crippen molar-refractivity contribution >= 4 is 39.8 Å². The minimum atomic E-state index is -0.507. The Hall–Kier alpha value is -4.90. The average Bonchev–Trinajstić information content (AvgIpc) is 3.48. The zero-order valence-electron chi connectivity index (χ0n) is 27.1. The van der Waals surface area contributed by atoms with Crippen molar-refractivity contribution in [2.24, 2.45) is 24.6 Å². The lowest BCUT2D eigenvalue weighted by Crippen LogP contribution is -2.41. The molecule has 11 heteroatoms. The molecular formula is C36H39N7O4. The number of rotatable bonds is 7. The SMILES string of the molecule is COC(=O)Nc1ccc(-c2ccc3cc(-c4nc5cc(C(=O)N6CC7CCC6[C@@H]7N)cc(OC)c5n4C)n(CC4CC4)c3n2)c(C)c1. The molecule has 242 valence electrons. The molecule has 5 aromatic rings. The Morgan fingerprint density at radius 1 is 1.02 bits per heavy atom. The summed E-state index contributed by atoms with van der Waals surface area (Å²) in [6, 6.07) is 15.9. The Morgan fingerprint density at radius 2 is 1.85 bits per heavy atom. The van der Waals surface area contributed by atoms with Crippen molar-refractivity contribution in [2.45, 2.75) is 51.2 Å². The van der Waals surface area contributed by atoms with E-state index < -0.39 is 6.09 Å². The number of imidazole rings is 1. The highest BCUT2D eigenvalue weighted by Crippen LogP contribution is 2.40. The molecule has 2 aliphatic carbocycles. The molecule has 4 heterocycles. The Bertz CT molecular complexity index is 2080. The van der Waals surface area contributed by atoms with Gasteiger partial charge in [0.2, 0.25) is 0 Å². The van der Waals surface area contributed by atoms with Crippen molar-refractivity contribution in [1.29, 1.82) is 0 Å². The Morgan fingerprint density at radius 3 is 2.53 bits per heavy atom. The quantitative estimate of drug-likeness (QED) is 0.234. The largest absolute Gasteiger partial charge is 0.494 e. The van der Waals surface area contributed by atoms with Crippen molar-refractivity contribution in [2.75, 3.05) is 26.1 Å². The normalized spacial score (nSPS) is 20.4. The number of methoxy groups -OCH3 is 2. The van der Waals surface area contributed by atoms with Crippen LogP contribution in [-0.2, 0) is 18.3 Å². The van der Waals surface area contributed by atoms with E-state index in [1.54, 1.807) is 7.11 Å². The van der Waals surface area contributed by atoms with Crippen LogP contribution in [0.3, 0.4) is 0 Å². The number of hydrogen-bond donors (Lipinski definition) is 2. The fraction of sp³-hybridized carbons (Fsp3) is 0.389. The van der Waals surface area contributed by atoms with Crippen LogP contribution in [0.4, 0.5) is 10.5 Å². The number of carbonyl (C=O) groups excluding carboxylic acids is 2. The molecule has 2 unspecified atom stereocenters. The van der Waals surface area contributed by atoms with Gasteiger partial charge in [-0.15, -0.1) is 0 Å². The number of ether oxygens (including phenoxy) is 2. The third kappa shape index (κ3) is 4.91. The summed E-state index contributed by atoms with van der Waals surface area (Å²) in [6.45, 7) is 3.56. The van der Waals surface area contributed by atoms with Crippen molar-refractivity contribution in [3.63, 3.8) is 0 Å². The first-order valence-electron chi connectivity index (χ1n) is 16.3. The molecule has 47 heavy (non-hydrogen) atoms. The van der Waals surface area contributed by atoms with E-state index in [0.717, 1.165) is 64.3 Å². The molecule has 11 nitrogen and oxygen atoms in total. The maximum atomic E-state index is 13.8. The molecule has 2 saturated carbocycles. The molecule has 0 spiro atoms. The number of anilines is 1. The van der Waals surface area contributed by atoms with Gasteiger partial charge in [0.1, 0.15) is 16.9 Å². The van der Waals surface area contributed by atoms with Crippen LogP contribution in [0.2, 0.25) is 0 Å². The summed E-state index contributed by atoms with van der Waals surface area (Å²) >= 11 is 0. The molecule has 1 saturated heterocycles. The van der Waals surface area contributed by atoms with E-state index in [1.807, 2.05) is 55.3 Å². The van der Waals surface area contributed by atoms with E-state index in [-0.39, 0.29) is 18.0 Å². The van der Waals surface area contributed by atoms with E-state index >= 15 is 0 Å². The monoisotopic (exact) mass is 633 g/mol. The number of benzene rings is 2. The van der Waals surface area contributed by atoms with Crippen LogP contribution in [0.5, 0.6) is 5.75 Å². The van der Waals surface area contributed by atoms with Crippen LogP contribution in [0, 0.1) is 18.8 Å². The van der Waals surface area contributed by atoms with Crippen LogP contribution in [-0.4, -0.2) is 68.9 Å². The first-order valence-corrected chi connectivity index (χ1v) is 16.3. The summed E-state index contributed by atoms with van der Waals surface area (Å²) in [7, 11) is 4.98. The Kier molecular flexibility index (Phi) is 6.98. The highest BCUT2D eigenvalue weighted by Gasteiger charge is 2.47. The first-order chi connectivity index (χ1) is 22.7. The van der Waals surface area contributed by atoms with Crippen LogP contribution >= 0.6 is 0 Å². The lowest BCUT2D eigenvalue weighted by Gasteiger charge is -2.27. The molecular weight excluding hydrogens is 594 g/mol. The van der Waals surface area contributed by atoms with Gasteiger partial charge in [0, 0.05) is 54.4 Å². The van der Waals surface area contributed by atoms with E-state index in [0.29, 0.717) is 40.9 Å². The number of fused-ring (bicyclic) bond motifs is 4. The van der Waals surface area contributed by atoms with E-state index in [9.17, 15) is 9.59 Å². The molecule has 8 rings (SSSR count). The van der Waals surface area contributed by atoms with Gasteiger partial charge in [0.15, 0.2) is 5.82 Å². The zero-order valence-corrected chi connectivity index (χ0v) is 27.1. The highest BCUT2D eigenvalue weighted by atomic mass is 16.5. The molecule has 3 aromatic heterocycles. The predicted molar refractivity (Wildman–Crippen MR) is 180 cm³/mol. The number of nitrogens with zero attached hydrogens (tertiary/aromatic N) is 5. The molecule has 1 aliphatic heterocycles. The number of pyridine rings is 1. The lowest BCUT2D eigenvalue weighted by molar-refractivity contribution is 0.0700. The van der Waals surface area contributed by atoms with Crippen molar-refractivity contribution in [3.8, 4) is 28.5 Å². The lowest BCUT2D eigenvalue weighted by atomic mass is 10.0. The second kappa shape index (κ2) is 11.1. The van der Waals surface area contributed by atoms with E-state index in [2.05, 4.69) is 26.6 Å². The first kappa shape index (κ1) is 29.5. The summed E-state index contributed by atoms with van der Waals surface area (Å²) in [5.41, 5.74) is 13.9.